The Hall–Kier alpha value is -1.95. The van der Waals surface area contributed by atoms with Crippen LogP contribution in [-0.4, -0.2) is 28.0 Å². The number of aromatic nitrogens is 1. The number of carboxylic acids is 1. The first-order valence-electron chi connectivity index (χ1n) is 6.47. The molecule has 1 amide bonds. The Labute approximate surface area is 119 Å². The van der Waals surface area contributed by atoms with E-state index in [1.54, 1.807) is 17.5 Å². The Kier molecular flexibility index (Phi) is 3.40. The molecule has 0 aliphatic heterocycles. The zero-order valence-corrected chi connectivity index (χ0v) is 11.5. The monoisotopic (exact) mass is 290 g/mol. The molecular weight excluding hydrogens is 276 g/mol. The lowest BCUT2D eigenvalue weighted by atomic mass is 9.78. The Morgan fingerprint density at radius 1 is 1.45 bits per heavy atom. The molecule has 104 valence electrons. The maximum atomic E-state index is 12.1. The van der Waals surface area contributed by atoms with E-state index in [9.17, 15) is 9.59 Å². The van der Waals surface area contributed by atoms with Gasteiger partial charge in [-0.15, -0.1) is 11.3 Å². The minimum atomic E-state index is -0.771. The number of carboxylic acid groups (broad SMARTS) is 1. The lowest BCUT2D eigenvalue weighted by molar-refractivity contribution is -0.138. The quantitative estimate of drug-likeness (QED) is 0.905. The van der Waals surface area contributed by atoms with Crippen LogP contribution in [-0.2, 0) is 4.79 Å². The molecule has 0 radical (unpaired) electrons. The standard InChI is InChI=1S/C14H14N2O3S/c17-13(18)5-8-3-10(4-8)16-14(19)9-6-12-11(15-7-9)1-2-20-12/h1-2,6-8,10H,3-5H2,(H,16,19)(H,17,18). The summed E-state index contributed by atoms with van der Waals surface area (Å²) in [7, 11) is 0. The highest BCUT2D eigenvalue weighted by molar-refractivity contribution is 7.17. The van der Waals surface area contributed by atoms with Crippen LogP contribution in [0.15, 0.2) is 23.7 Å². The first-order valence-corrected chi connectivity index (χ1v) is 7.35. The zero-order chi connectivity index (χ0) is 14.1. The normalized spacial score (nSPS) is 21.4. The van der Waals surface area contributed by atoms with Crippen molar-refractivity contribution >= 4 is 33.4 Å². The molecule has 1 saturated carbocycles. The topological polar surface area (TPSA) is 79.3 Å². The number of thiophene rings is 1. The van der Waals surface area contributed by atoms with E-state index in [2.05, 4.69) is 10.3 Å². The number of rotatable bonds is 4. The average Bonchev–Trinajstić information content (AvgIpc) is 2.82. The molecule has 1 aliphatic carbocycles. The van der Waals surface area contributed by atoms with Crippen molar-refractivity contribution in [3.63, 3.8) is 0 Å². The van der Waals surface area contributed by atoms with E-state index in [1.807, 2.05) is 17.5 Å². The molecule has 1 aliphatic rings. The average molecular weight is 290 g/mol. The summed E-state index contributed by atoms with van der Waals surface area (Å²) in [5.41, 5.74) is 1.46. The maximum absolute atomic E-state index is 12.1. The van der Waals surface area contributed by atoms with Crippen molar-refractivity contribution in [1.29, 1.82) is 0 Å². The largest absolute Gasteiger partial charge is 0.481 e. The predicted octanol–water partition coefficient (Wildman–Crippen LogP) is 2.28. The summed E-state index contributed by atoms with van der Waals surface area (Å²) in [6.45, 7) is 0. The minimum Gasteiger partial charge on any atom is -0.481 e. The summed E-state index contributed by atoms with van der Waals surface area (Å²) in [6, 6.07) is 3.85. The summed E-state index contributed by atoms with van der Waals surface area (Å²) in [6.07, 6.45) is 3.26. The maximum Gasteiger partial charge on any atom is 0.303 e. The number of nitrogens with one attached hydrogen (secondary N) is 1. The highest BCUT2D eigenvalue weighted by Gasteiger charge is 2.31. The van der Waals surface area contributed by atoms with Crippen LogP contribution in [0.3, 0.4) is 0 Å². The van der Waals surface area contributed by atoms with Gasteiger partial charge < -0.3 is 10.4 Å². The third-order valence-corrected chi connectivity index (χ3v) is 4.45. The molecule has 5 nitrogen and oxygen atoms in total. The van der Waals surface area contributed by atoms with Gasteiger partial charge in [-0.05, 0) is 36.3 Å². The number of pyridine rings is 1. The molecule has 2 N–H and O–H groups in total. The minimum absolute atomic E-state index is 0.0888. The van der Waals surface area contributed by atoms with E-state index in [1.165, 1.54) is 0 Å². The summed E-state index contributed by atoms with van der Waals surface area (Å²) >= 11 is 1.56. The smallest absolute Gasteiger partial charge is 0.303 e. The highest BCUT2D eigenvalue weighted by Crippen LogP contribution is 2.30. The third kappa shape index (κ3) is 2.65. The van der Waals surface area contributed by atoms with Gasteiger partial charge in [0.05, 0.1) is 15.8 Å². The molecule has 6 heteroatoms. The van der Waals surface area contributed by atoms with Crippen molar-refractivity contribution in [2.24, 2.45) is 5.92 Å². The van der Waals surface area contributed by atoms with Gasteiger partial charge in [0, 0.05) is 18.7 Å². The van der Waals surface area contributed by atoms with Gasteiger partial charge in [0.15, 0.2) is 0 Å². The molecule has 20 heavy (non-hydrogen) atoms. The van der Waals surface area contributed by atoms with Gasteiger partial charge in [-0.1, -0.05) is 0 Å². The predicted molar refractivity (Wildman–Crippen MR) is 75.9 cm³/mol. The number of nitrogens with zero attached hydrogens (tertiary/aromatic N) is 1. The number of carbonyl (C=O) groups excluding carboxylic acids is 1. The molecule has 0 aromatic carbocycles. The van der Waals surface area contributed by atoms with Crippen molar-refractivity contribution in [3.8, 4) is 0 Å². The molecule has 0 unspecified atom stereocenters. The van der Waals surface area contributed by atoms with Crippen LogP contribution in [0.4, 0.5) is 0 Å². The van der Waals surface area contributed by atoms with Gasteiger partial charge in [0.2, 0.25) is 0 Å². The summed E-state index contributed by atoms with van der Waals surface area (Å²) < 4.78 is 0.995. The Balaban J connectivity index is 1.58. The van der Waals surface area contributed by atoms with Gasteiger partial charge in [0.25, 0.3) is 5.91 Å². The first kappa shape index (κ1) is 13.1. The molecule has 2 aromatic rings. The van der Waals surface area contributed by atoms with Gasteiger partial charge in [-0.3, -0.25) is 14.6 Å². The number of hydrogen-bond donors (Lipinski definition) is 2. The molecule has 0 atom stereocenters. The van der Waals surface area contributed by atoms with E-state index in [0.717, 1.165) is 23.1 Å². The van der Waals surface area contributed by atoms with Crippen molar-refractivity contribution < 1.29 is 14.7 Å². The fourth-order valence-electron chi connectivity index (χ4n) is 2.51. The zero-order valence-electron chi connectivity index (χ0n) is 10.7. The van der Waals surface area contributed by atoms with Crippen LogP contribution in [0.1, 0.15) is 29.6 Å². The molecule has 0 bridgehead atoms. The van der Waals surface area contributed by atoms with Crippen molar-refractivity contribution in [2.45, 2.75) is 25.3 Å². The van der Waals surface area contributed by atoms with Crippen LogP contribution >= 0.6 is 11.3 Å². The second kappa shape index (κ2) is 5.20. The Bertz CT molecular complexity index is 661. The molecule has 2 heterocycles. The Morgan fingerprint density at radius 3 is 3.00 bits per heavy atom. The molecule has 3 rings (SSSR count). The fraction of sp³-hybridized carbons (Fsp3) is 0.357. The van der Waals surface area contributed by atoms with E-state index >= 15 is 0 Å². The summed E-state index contributed by atoms with van der Waals surface area (Å²) in [5.74, 6) is -0.714. The van der Waals surface area contributed by atoms with E-state index in [4.69, 9.17) is 5.11 Å². The van der Waals surface area contributed by atoms with Crippen LogP contribution in [0, 0.1) is 5.92 Å². The lowest BCUT2D eigenvalue weighted by Gasteiger charge is -2.34. The van der Waals surface area contributed by atoms with Crippen LogP contribution in [0.2, 0.25) is 0 Å². The molecule has 1 fully saturated rings. The lowest BCUT2D eigenvalue weighted by Crippen LogP contribution is -2.44. The number of hydrogen-bond acceptors (Lipinski definition) is 4. The molecule has 2 aromatic heterocycles. The second-order valence-electron chi connectivity index (χ2n) is 5.13. The highest BCUT2D eigenvalue weighted by atomic mass is 32.1. The summed E-state index contributed by atoms with van der Waals surface area (Å²) in [5, 5.41) is 13.6. The van der Waals surface area contributed by atoms with E-state index in [0.29, 0.717) is 5.56 Å². The molecule has 0 saturated heterocycles. The van der Waals surface area contributed by atoms with E-state index in [-0.39, 0.29) is 24.3 Å². The van der Waals surface area contributed by atoms with Crippen molar-refractivity contribution in [3.05, 3.63) is 29.3 Å². The van der Waals surface area contributed by atoms with Gasteiger partial charge in [-0.2, -0.15) is 0 Å². The second-order valence-corrected chi connectivity index (χ2v) is 6.08. The number of fused-ring (bicyclic) bond motifs is 1. The van der Waals surface area contributed by atoms with Gasteiger partial charge in [0.1, 0.15) is 0 Å². The van der Waals surface area contributed by atoms with Crippen molar-refractivity contribution in [2.75, 3.05) is 0 Å². The van der Waals surface area contributed by atoms with Crippen LogP contribution < -0.4 is 5.32 Å². The van der Waals surface area contributed by atoms with E-state index < -0.39 is 5.97 Å². The summed E-state index contributed by atoms with van der Waals surface area (Å²) in [4.78, 5) is 26.9. The fourth-order valence-corrected chi connectivity index (χ4v) is 3.29. The molecule has 0 spiro atoms. The SMILES string of the molecule is O=C(O)CC1CC(NC(=O)c2cnc3ccsc3c2)C1. The van der Waals surface area contributed by atoms with Crippen LogP contribution in [0.25, 0.3) is 10.2 Å². The first-order chi connectivity index (χ1) is 9.61. The van der Waals surface area contributed by atoms with Crippen LogP contribution in [0.5, 0.6) is 0 Å². The third-order valence-electron chi connectivity index (χ3n) is 3.60. The number of amides is 1. The van der Waals surface area contributed by atoms with Gasteiger partial charge >= 0.3 is 5.97 Å². The number of aliphatic carboxylic acids is 1. The molecular formula is C14H14N2O3S. The Morgan fingerprint density at radius 2 is 2.25 bits per heavy atom. The van der Waals surface area contributed by atoms with Gasteiger partial charge in [-0.25, -0.2) is 0 Å². The number of carbonyl (C=O) groups is 2. The van der Waals surface area contributed by atoms with Crippen molar-refractivity contribution in [1.82, 2.24) is 10.3 Å².